The van der Waals surface area contributed by atoms with Gasteiger partial charge in [0, 0.05) is 24.9 Å². The Morgan fingerprint density at radius 1 is 1.38 bits per heavy atom. The SMILES string of the molecule is CCCC(=O)OC1(C)CCC=C(C)CC2OC1C1C3CC(OCC3C)C(C)(O)C21. The quantitative estimate of drug-likeness (QED) is 0.566. The van der Waals surface area contributed by atoms with E-state index in [0.29, 0.717) is 24.9 Å². The van der Waals surface area contributed by atoms with E-state index in [2.05, 4.69) is 26.8 Å². The predicted octanol–water partition coefficient (Wildman–Crippen LogP) is 4.02. The number of fused-ring (bicyclic) bond motifs is 8. The molecule has 2 saturated heterocycles. The average Bonchev–Trinajstić information content (AvgIpc) is 3.03. The molecular weight excluding hydrogens is 368 g/mol. The lowest BCUT2D eigenvalue weighted by Gasteiger charge is -2.55. The van der Waals surface area contributed by atoms with Crippen molar-refractivity contribution in [3.63, 3.8) is 0 Å². The van der Waals surface area contributed by atoms with E-state index in [0.717, 1.165) is 32.1 Å². The van der Waals surface area contributed by atoms with Crippen molar-refractivity contribution in [2.45, 2.75) is 103 Å². The third kappa shape index (κ3) is 3.57. The van der Waals surface area contributed by atoms with E-state index in [9.17, 15) is 9.90 Å². The van der Waals surface area contributed by atoms with E-state index in [1.54, 1.807) is 0 Å². The van der Waals surface area contributed by atoms with Crippen molar-refractivity contribution < 1.29 is 24.1 Å². The van der Waals surface area contributed by atoms with E-state index in [1.165, 1.54) is 5.57 Å². The Kier molecular flexibility index (Phi) is 5.63. The summed E-state index contributed by atoms with van der Waals surface area (Å²) in [7, 11) is 0. The summed E-state index contributed by atoms with van der Waals surface area (Å²) in [5.41, 5.74) is -0.320. The monoisotopic (exact) mass is 406 g/mol. The summed E-state index contributed by atoms with van der Waals surface area (Å²) in [6, 6.07) is 0. The maximum absolute atomic E-state index is 12.5. The minimum atomic E-state index is -0.936. The minimum absolute atomic E-state index is 0.00958. The van der Waals surface area contributed by atoms with Crippen LogP contribution < -0.4 is 0 Å². The van der Waals surface area contributed by atoms with Crippen LogP contribution in [0.4, 0.5) is 0 Å². The molecule has 29 heavy (non-hydrogen) atoms. The third-order valence-corrected chi connectivity index (χ3v) is 8.14. The zero-order valence-corrected chi connectivity index (χ0v) is 18.6. The fourth-order valence-electron chi connectivity index (χ4n) is 6.65. The van der Waals surface area contributed by atoms with E-state index in [1.807, 2.05) is 13.8 Å². The van der Waals surface area contributed by atoms with Crippen molar-refractivity contribution in [2.75, 3.05) is 6.61 Å². The van der Waals surface area contributed by atoms with Crippen LogP contribution in [0.15, 0.2) is 11.6 Å². The first-order chi connectivity index (χ1) is 13.7. The van der Waals surface area contributed by atoms with Crippen LogP contribution in [0.3, 0.4) is 0 Å². The largest absolute Gasteiger partial charge is 0.457 e. The molecule has 5 nitrogen and oxygen atoms in total. The van der Waals surface area contributed by atoms with Gasteiger partial charge in [-0.3, -0.25) is 4.79 Å². The molecule has 3 heterocycles. The van der Waals surface area contributed by atoms with Crippen molar-refractivity contribution in [3.05, 3.63) is 11.6 Å². The number of allylic oxidation sites excluding steroid dienone is 1. The fraction of sp³-hybridized carbons (Fsp3) is 0.875. The number of esters is 1. The van der Waals surface area contributed by atoms with E-state index in [-0.39, 0.29) is 36.1 Å². The van der Waals surface area contributed by atoms with Gasteiger partial charge in [0.05, 0.1) is 17.8 Å². The highest BCUT2D eigenvalue weighted by atomic mass is 16.6. The smallest absolute Gasteiger partial charge is 0.306 e. The van der Waals surface area contributed by atoms with Crippen molar-refractivity contribution in [2.24, 2.45) is 23.7 Å². The van der Waals surface area contributed by atoms with Crippen LogP contribution in [-0.4, -0.2) is 47.2 Å². The van der Waals surface area contributed by atoms with Gasteiger partial charge in [0.1, 0.15) is 11.7 Å². The van der Waals surface area contributed by atoms with Crippen LogP contribution in [0, 0.1) is 23.7 Å². The Morgan fingerprint density at radius 2 is 2.14 bits per heavy atom. The highest BCUT2D eigenvalue weighted by molar-refractivity contribution is 5.69. The lowest BCUT2D eigenvalue weighted by molar-refractivity contribution is -0.223. The van der Waals surface area contributed by atoms with Crippen molar-refractivity contribution in [3.8, 4) is 0 Å². The maximum Gasteiger partial charge on any atom is 0.306 e. The van der Waals surface area contributed by atoms with Gasteiger partial charge in [-0.2, -0.15) is 0 Å². The third-order valence-electron chi connectivity index (χ3n) is 8.14. The van der Waals surface area contributed by atoms with Crippen LogP contribution in [0.2, 0.25) is 0 Å². The lowest BCUT2D eigenvalue weighted by atomic mass is 9.55. The van der Waals surface area contributed by atoms with E-state index < -0.39 is 11.2 Å². The molecule has 9 atom stereocenters. The molecular formula is C24H38O5. The Labute approximate surface area is 175 Å². The number of carbonyl (C=O) groups excluding carboxylic acids is 1. The molecule has 9 unspecified atom stereocenters. The van der Waals surface area contributed by atoms with Crippen LogP contribution in [0.25, 0.3) is 0 Å². The van der Waals surface area contributed by atoms with Gasteiger partial charge in [-0.05, 0) is 64.7 Å². The molecule has 0 aromatic rings. The number of rotatable bonds is 3. The predicted molar refractivity (Wildman–Crippen MR) is 110 cm³/mol. The molecule has 4 rings (SSSR count). The van der Waals surface area contributed by atoms with Crippen LogP contribution >= 0.6 is 0 Å². The Morgan fingerprint density at radius 3 is 2.86 bits per heavy atom. The minimum Gasteiger partial charge on any atom is -0.457 e. The van der Waals surface area contributed by atoms with E-state index in [4.69, 9.17) is 14.2 Å². The Balaban J connectivity index is 1.76. The highest BCUT2D eigenvalue weighted by Crippen LogP contribution is 2.58. The lowest BCUT2D eigenvalue weighted by Crippen LogP contribution is -2.63. The molecule has 0 amide bonds. The van der Waals surface area contributed by atoms with E-state index >= 15 is 0 Å². The van der Waals surface area contributed by atoms with Gasteiger partial charge in [-0.1, -0.05) is 25.5 Å². The van der Waals surface area contributed by atoms with Gasteiger partial charge in [-0.25, -0.2) is 0 Å². The van der Waals surface area contributed by atoms with Gasteiger partial charge in [0.2, 0.25) is 0 Å². The molecule has 1 saturated carbocycles. The molecule has 3 fully saturated rings. The first kappa shape index (κ1) is 21.3. The second-order valence-corrected chi connectivity index (χ2v) is 10.5. The second-order valence-electron chi connectivity index (χ2n) is 10.5. The molecule has 1 aliphatic carbocycles. The average molecular weight is 407 g/mol. The molecule has 4 bridgehead atoms. The zero-order chi connectivity index (χ0) is 21.0. The standard InChI is InChI=1S/C24H38O5/c1-6-8-19(25)29-23(4)10-7-9-14(2)11-17-21-20(22(23)28-17)16-12-18(24(21,5)26)27-13-15(16)3/h9,15-18,20-22,26H,6-8,10-13H2,1-5H3. The summed E-state index contributed by atoms with van der Waals surface area (Å²) in [5, 5.41) is 11.6. The maximum atomic E-state index is 12.5. The molecule has 5 heteroatoms. The van der Waals surface area contributed by atoms with Crippen LogP contribution in [0.5, 0.6) is 0 Å². The molecule has 0 aromatic heterocycles. The molecule has 164 valence electrons. The zero-order valence-electron chi connectivity index (χ0n) is 18.6. The van der Waals surface area contributed by atoms with Gasteiger partial charge in [0.25, 0.3) is 0 Å². The summed E-state index contributed by atoms with van der Waals surface area (Å²) < 4.78 is 19.0. The number of hydrogen-bond donors (Lipinski definition) is 1. The van der Waals surface area contributed by atoms with Crippen molar-refractivity contribution in [1.29, 1.82) is 0 Å². The molecule has 1 N–H and O–H groups in total. The first-order valence-corrected chi connectivity index (χ1v) is 11.5. The topological polar surface area (TPSA) is 65.0 Å². The number of carbonyl (C=O) groups is 1. The van der Waals surface area contributed by atoms with Crippen molar-refractivity contribution >= 4 is 5.97 Å². The number of ether oxygens (including phenoxy) is 3. The van der Waals surface area contributed by atoms with Crippen LogP contribution in [0.1, 0.15) is 73.1 Å². The molecule has 0 aromatic carbocycles. The number of aliphatic hydroxyl groups is 1. The molecule has 0 radical (unpaired) electrons. The van der Waals surface area contributed by atoms with Gasteiger partial charge >= 0.3 is 5.97 Å². The Bertz CT molecular complexity index is 670. The summed E-state index contributed by atoms with van der Waals surface area (Å²) in [4.78, 5) is 12.5. The summed E-state index contributed by atoms with van der Waals surface area (Å²) in [5.74, 6) is 0.857. The second kappa shape index (κ2) is 7.65. The van der Waals surface area contributed by atoms with Gasteiger partial charge < -0.3 is 19.3 Å². The fourth-order valence-corrected chi connectivity index (χ4v) is 6.65. The Hall–Kier alpha value is -0.910. The van der Waals surface area contributed by atoms with Gasteiger partial charge in [0.15, 0.2) is 0 Å². The highest BCUT2D eigenvalue weighted by Gasteiger charge is 2.66. The number of hydrogen-bond acceptors (Lipinski definition) is 5. The molecule has 4 aliphatic rings. The van der Waals surface area contributed by atoms with Crippen LogP contribution in [-0.2, 0) is 19.0 Å². The van der Waals surface area contributed by atoms with Gasteiger partial charge in [-0.15, -0.1) is 0 Å². The van der Waals surface area contributed by atoms with Crippen molar-refractivity contribution in [1.82, 2.24) is 0 Å². The molecule has 3 aliphatic heterocycles. The summed E-state index contributed by atoms with van der Waals surface area (Å²) in [6.07, 6.45) is 6.38. The first-order valence-electron chi connectivity index (χ1n) is 11.5. The summed E-state index contributed by atoms with van der Waals surface area (Å²) in [6.45, 7) is 11.1. The summed E-state index contributed by atoms with van der Waals surface area (Å²) >= 11 is 0. The normalized spacial score (nSPS) is 49.3. The molecule has 0 spiro atoms.